The van der Waals surface area contributed by atoms with Crippen LogP contribution in [0, 0.1) is 5.82 Å². The Morgan fingerprint density at radius 2 is 2.05 bits per heavy atom. The fraction of sp³-hybridized carbons (Fsp3) is 0.533. The lowest BCUT2D eigenvalue weighted by atomic mass is 10.1. The first-order valence-corrected chi connectivity index (χ1v) is 7.03. The van der Waals surface area contributed by atoms with Crippen LogP contribution < -0.4 is 5.32 Å². The van der Waals surface area contributed by atoms with E-state index < -0.39 is 0 Å². The van der Waals surface area contributed by atoms with Crippen molar-refractivity contribution in [2.24, 2.45) is 0 Å². The minimum Gasteiger partial charge on any atom is -0.382 e. The number of carbonyl (C=O) groups excluding carboxylic acids is 1. The Balaban J connectivity index is 2.05. The van der Waals surface area contributed by atoms with Gasteiger partial charge in [0, 0.05) is 19.8 Å². The van der Waals surface area contributed by atoms with Crippen LogP contribution in [0.1, 0.15) is 32.0 Å². The second kappa shape index (κ2) is 6.81. The molecule has 110 valence electrons. The molecule has 0 saturated carbocycles. The molecule has 0 spiro atoms. The average Bonchev–Trinajstić information content (AvgIpc) is 2.72. The van der Waals surface area contributed by atoms with E-state index in [0.29, 0.717) is 19.8 Å². The molecular formula is C15H21FN2O2. The van der Waals surface area contributed by atoms with E-state index in [0.717, 1.165) is 12.0 Å². The van der Waals surface area contributed by atoms with Crippen LogP contribution in [-0.2, 0) is 9.53 Å². The molecule has 1 fully saturated rings. The molecule has 1 aliphatic rings. The van der Waals surface area contributed by atoms with E-state index in [-0.39, 0.29) is 23.9 Å². The first kappa shape index (κ1) is 14.9. The number of benzene rings is 1. The number of hydrogen-bond donors (Lipinski definition) is 1. The second-order valence-corrected chi connectivity index (χ2v) is 4.92. The maximum atomic E-state index is 13.0. The first-order valence-electron chi connectivity index (χ1n) is 7.03. The highest BCUT2D eigenvalue weighted by atomic mass is 19.1. The minimum atomic E-state index is -0.269. The lowest BCUT2D eigenvalue weighted by molar-refractivity contribution is -0.130. The van der Waals surface area contributed by atoms with E-state index in [1.807, 2.05) is 13.8 Å². The Morgan fingerprint density at radius 3 is 2.70 bits per heavy atom. The van der Waals surface area contributed by atoms with E-state index in [1.54, 1.807) is 17.0 Å². The minimum absolute atomic E-state index is 0.0795. The molecule has 1 saturated heterocycles. The summed E-state index contributed by atoms with van der Waals surface area (Å²) >= 11 is 0. The van der Waals surface area contributed by atoms with Crippen LogP contribution in [0.2, 0.25) is 0 Å². The van der Waals surface area contributed by atoms with Crippen molar-refractivity contribution in [2.75, 3.05) is 19.8 Å². The lowest BCUT2D eigenvalue weighted by Gasteiger charge is -2.24. The number of nitrogens with zero attached hydrogens (tertiary/aromatic N) is 1. The molecule has 0 radical (unpaired) electrons. The van der Waals surface area contributed by atoms with E-state index >= 15 is 0 Å². The Bertz CT molecular complexity index is 450. The van der Waals surface area contributed by atoms with Gasteiger partial charge in [0.2, 0.25) is 5.91 Å². The third kappa shape index (κ3) is 3.35. The molecule has 4 nitrogen and oxygen atoms in total. The zero-order chi connectivity index (χ0) is 14.5. The summed E-state index contributed by atoms with van der Waals surface area (Å²) in [5.41, 5.74) is 0.903. The zero-order valence-electron chi connectivity index (χ0n) is 11.9. The maximum absolute atomic E-state index is 13.0. The maximum Gasteiger partial charge on any atom is 0.241 e. The third-order valence-electron chi connectivity index (χ3n) is 3.45. The predicted octanol–water partition coefficient (Wildman–Crippen LogP) is 2.07. The summed E-state index contributed by atoms with van der Waals surface area (Å²) in [5, 5.41) is 3.24. The van der Waals surface area contributed by atoms with Crippen molar-refractivity contribution >= 4 is 5.91 Å². The fourth-order valence-corrected chi connectivity index (χ4v) is 2.42. The SMILES string of the molecule is CCOCCCN1C(=O)C(C)NC1c1ccc(F)cc1. The van der Waals surface area contributed by atoms with Crippen molar-refractivity contribution in [3.05, 3.63) is 35.6 Å². The Morgan fingerprint density at radius 1 is 1.35 bits per heavy atom. The molecular weight excluding hydrogens is 259 g/mol. The van der Waals surface area contributed by atoms with Gasteiger partial charge < -0.3 is 9.64 Å². The van der Waals surface area contributed by atoms with Crippen molar-refractivity contribution in [1.82, 2.24) is 10.2 Å². The van der Waals surface area contributed by atoms with Gasteiger partial charge in [-0.25, -0.2) is 4.39 Å². The van der Waals surface area contributed by atoms with Gasteiger partial charge in [0.25, 0.3) is 0 Å². The van der Waals surface area contributed by atoms with Crippen LogP contribution in [0.4, 0.5) is 4.39 Å². The predicted molar refractivity (Wildman–Crippen MR) is 74.6 cm³/mol. The van der Waals surface area contributed by atoms with Crippen LogP contribution in [0.15, 0.2) is 24.3 Å². The van der Waals surface area contributed by atoms with E-state index in [2.05, 4.69) is 5.32 Å². The van der Waals surface area contributed by atoms with Gasteiger partial charge in [-0.05, 0) is 38.0 Å². The van der Waals surface area contributed by atoms with Crippen LogP contribution in [-0.4, -0.2) is 36.6 Å². The van der Waals surface area contributed by atoms with Crippen LogP contribution in [0.25, 0.3) is 0 Å². The van der Waals surface area contributed by atoms with E-state index in [4.69, 9.17) is 4.74 Å². The van der Waals surface area contributed by atoms with Crippen molar-refractivity contribution in [3.8, 4) is 0 Å². The highest BCUT2D eigenvalue weighted by molar-refractivity contribution is 5.84. The highest BCUT2D eigenvalue weighted by Crippen LogP contribution is 2.25. The molecule has 2 unspecified atom stereocenters. The van der Waals surface area contributed by atoms with Crippen molar-refractivity contribution < 1.29 is 13.9 Å². The summed E-state index contributed by atoms with van der Waals surface area (Å²) in [6, 6.07) is 6.06. The van der Waals surface area contributed by atoms with Gasteiger partial charge in [0.1, 0.15) is 12.0 Å². The average molecular weight is 280 g/mol. The molecule has 0 aromatic heterocycles. The number of amides is 1. The molecule has 1 aromatic rings. The fourth-order valence-electron chi connectivity index (χ4n) is 2.42. The van der Waals surface area contributed by atoms with Crippen molar-refractivity contribution in [1.29, 1.82) is 0 Å². The number of rotatable bonds is 6. The normalized spacial score (nSPS) is 22.6. The van der Waals surface area contributed by atoms with Gasteiger partial charge in [0.15, 0.2) is 0 Å². The smallest absolute Gasteiger partial charge is 0.241 e. The number of carbonyl (C=O) groups is 1. The lowest BCUT2D eigenvalue weighted by Crippen LogP contribution is -2.32. The Labute approximate surface area is 118 Å². The first-order chi connectivity index (χ1) is 9.63. The summed E-state index contributed by atoms with van der Waals surface area (Å²) in [5.74, 6) is -0.190. The quantitative estimate of drug-likeness (QED) is 0.811. The number of nitrogens with one attached hydrogen (secondary N) is 1. The molecule has 0 bridgehead atoms. The largest absolute Gasteiger partial charge is 0.382 e. The van der Waals surface area contributed by atoms with Crippen molar-refractivity contribution in [2.45, 2.75) is 32.5 Å². The Hall–Kier alpha value is -1.46. The molecule has 2 atom stereocenters. The van der Waals surface area contributed by atoms with Crippen LogP contribution in [0.3, 0.4) is 0 Å². The van der Waals surface area contributed by atoms with Gasteiger partial charge in [0.05, 0.1) is 6.04 Å². The monoisotopic (exact) mass is 280 g/mol. The summed E-state index contributed by atoms with van der Waals surface area (Å²) in [6.07, 6.45) is 0.616. The highest BCUT2D eigenvalue weighted by Gasteiger charge is 2.36. The standard InChI is InChI=1S/C15H21FN2O2/c1-3-20-10-4-9-18-14(17-11(2)15(18)19)12-5-7-13(16)8-6-12/h5-8,11,14,17H,3-4,9-10H2,1-2H3. The Kier molecular flexibility index (Phi) is 5.09. The molecule has 0 aliphatic carbocycles. The topological polar surface area (TPSA) is 41.6 Å². The zero-order valence-corrected chi connectivity index (χ0v) is 11.9. The molecule has 5 heteroatoms. The third-order valence-corrected chi connectivity index (χ3v) is 3.45. The van der Waals surface area contributed by atoms with Gasteiger partial charge in [-0.2, -0.15) is 0 Å². The molecule has 1 amide bonds. The van der Waals surface area contributed by atoms with Gasteiger partial charge in [-0.1, -0.05) is 12.1 Å². The molecule has 2 rings (SSSR count). The van der Waals surface area contributed by atoms with Crippen LogP contribution >= 0.6 is 0 Å². The second-order valence-electron chi connectivity index (χ2n) is 4.92. The number of ether oxygens (including phenoxy) is 1. The molecule has 1 heterocycles. The summed E-state index contributed by atoms with van der Waals surface area (Å²) in [4.78, 5) is 14.0. The van der Waals surface area contributed by atoms with E-state index in [9.17, 15) is 9.18 Å². The van der Waals surface area contributed by atoms with Gasteiger partial charge in [-0.3, -0.25) is 10.1 Å². The molecule has 1 N–H and O–H groups in total. The molecule has 20 heavy (non-hydrogen) atoms. The number of halogens is 1. The van der Waals surface area contributed by atoms with Crippen LogP contribution in [0.5, 0.6) is 0 Å². The molecule has 1 aromatic carbocycles. The number of hydrogen-bond acceptors (Lipinski definition) is 3. The molecule has 1 aliphatic heterocycles. The summed E-state index contributed by atoms with van der Waals surface area (Å²) in [7, 11) is 0. The van der Waals surface area contributed by atoms with Gasteiger partial charge in [-0.15, -0.1) is 0 Å². The van der Waals surface area contributed by atoms with E-state index in [1.165, 1.54) is 12.1 Å². The van der Waals surface area contributed by atoms with Gasteiger partial charge >= 0.3 is 0 Å². The summed E-state index contributed by atoms with van der Waals surface area (Å²) < 4.78 is 18.3. The van der Waals surface area contributed by atoms with Crippen molar-refractivity contribution in [3.63, 3.8) is 0 Å². The summed E-state index contributed by atoms with van der Waals surface area (Å²) in [6.45, 7) is 5.76.